The highest BCUT2D eigenvalue weighted by Crippen LogP contribution is 2.23. The highest BCUT2D eigenvalue weighted by molar-refractivity contribution is 6.05. The average molecular weight is 195 g/mol. The molecule has 2 nitrogen and oxygen atoms in total. The number of rotatable bonds is 0. The Morgan fingerprint density at radius 1 is 1.00 bits per heavy atom. The van der Waals surface area contributed by atoms with E-state index in [9.17, 15) is 4.79 Å². The van der Waals surface area contributed by atoms with Crippen molar-refractivity contribution in [3.05, 3.63) is 59.0 Å². The van der Waals surface area contributed by atoms with Gasteiger partial charge in [0.1, 0.15) is 5.58 Å². The smallest absolute Gasteiger partial charge is 0.344 e. The summed E-state index contributed by atoms with van der Waals surface area (Å²) in [4.78, 5) is 11.0. The van der Waals surface area contributed by atoms with E-state index in [4.69, 9.17) is 4.42 Å². The zero-order valence-corrected chi connectivity index (χ0v) is 7.86. The van der Waals surface area contributed by atoms with E-state index in [0.717, 1.165) is 16.2 Å². The van der Waals surface area contributed by atoms with E-state index in [1.165, 1.54) is 0 Å². The highest BCUT2D eigenvalue weighted by Gasteiger charge is 2.01. The first-order valence-electron chi connectivity index (χ1n) is 4.68. The molecule has 0 saturated heterocycles. The van der Waals surface area contributed by atoms with Crippen molar-refractivity contribution < 1.29 is 4.42 Å². The van der Waals surface area contributed by atoms with Crippen LogP contribution in [-0.4, -0.2) is 0 Å². The Labute approximate surface area is 85.8 Å². The molecule has 0 aliphatic heterocycles. The zero-order valence-electron chi connectivity index (χ0n) is 7.86. The van der Waals surface area contributed by atoms with E-state index >= 15 is 0 Å². The predicted octanol–water partition coefficient (Wildman–Crippen LogP) is 2.75. The van der Waals surface area contributed by atoms with E-state index in [2.05, 4.69) is 6.07 Å². The molecule has 1 heterocycles. The number of fused-ring (bicyclic) bond motifs is 3. The van der Waals surface area contributed by atoms with Crippen molar-refractivity contribution in [3.8, 4) is 0 Å². The van der Waals surface area contributed by atoms with E-state index in [1.807, 2.05) is 36.4 Å². The van der Waals surface area contributed by atoms with Crippen molar-refractivity contribution in [2.24, 2.45) is 0 Å². The minimum Gasteiger partial charge on any atom is -0.422 e. The zero-order chi connectivity index (χ0) is 10.3. The van der Waals surface area contributed by atoms with Crippen LogP contribution in [0.2, 0.25) is 0 Å². The van der Waals surface area contributed by atoms with E-state index in [0.29, 0.717) is 5.58 Å². The molecule has 15 heavy (non-hydrogen) atoms. The largest absolute Gasteiger partial charge is 0.422 e. The molecule has 0 N–H and O–H groups in total. The maximum absolute atomic E-state index is 11.0. The molecule has 0 spiro atoms. The van der Waals surface area contributed by atoms with Gasteiger partial charge in [0.15, 0.2) is 0 Å². The van der Waals surface area contributed by atoms with Gasteiger partial charge in [-0.1, -0.05) is 30.3 Å². The van der Waals surface area contributed by atoms with Crippen molar-refractivity contribution in [2.45, 2.75) is 0 Å². The predicted molar refractivity (Wildman–Crippen MR) is 58.8 cm³/mol. The molecule has 71 valence electrons. The lowest BCUT2D eigenvalue weighted by Gasteiger charge is -2.00. The van der Waals surface area contributed by atoms with Crippen LogP contribution < -0.4 is 5.63 Å². The van der Waals surface area contributed by atoms with Crippen LogP contribution in [0.15, 0.2) is 51.7 Å². The van der Waals surface area contributed by atoms with Crippen LogP contribution >= 0.6 is 0 Å². The standard InChI is InChI=1S/C13H7O2/c14-13-8-6-11-10-4-2-1-3-9(10)5-7-12(11)15-13/h1-7H. The minimum atomic E-state index is -0.433. The second-order valence-corrected chi connectivity index (χ2v) is 3.38. The quantitative estimate of drug-likeness (QED) is 0.408. The van der Waals surface area contributed by atoms with Crippen LogP contribution in [0.5, 0.6) is 0 Å². The molecule has 3 aromatic rings. The Balaban J connectivity index is 2.60. The summed E-state index contributed by atoms with van der Waals surface area (Å²) in [5, 5.41) is 3.13. The van der Waals surface area contributed by atoms with Gasteiger partial charge in [0.05, 0.1) is 6.07 Å². The Hall–Kier alpha value is -2.09. The molecule has 0 unspecified atom stereocenters. The molecule has 0 saturated carbocycles. The van der Waals surface area contributed by atoms with Gasteiger partial charge in [-0.15, -0.1) is 0 Å². The van der Waals surface area contributed by atoms with Gasteiger partial charge in [0.25, 0.3) is 0 Å². The monoisotopic (exact) mass is 195 g/mol. The van der Waals surface area contributed by atoms with Crippen molar-refractivity contribution in [2.75, 3.05) is 0 Å². The number of benzene rings is 2. The van der Waals surface area contributed by atoms with Crippen LogP contribution in [-0.2, 0) is 0 Å². The normalized spacial score (nSPS) is 10.9. The lowest BCUT2D eigenvalue weighted by molar-refractivity contribution is 0.560. The first-order chi connectivity index (χ1) is 7.34. The fraction of sp³-hybridized carbons (Fsp3) is 0. The van der Waals surface area contributed by atoms with Gasteiger partial charge in [-0.05, 0) is 22.9 Å². The van der Waals surface area contributed by atoms with Gasteiger partial charge < -0.3 is 4.42 Å². The highest BCUT2D eigenvalue weighted by atomic mass is 16.4. The molecule has 0 bridgehead atoms. The topological polar surface area (TPSA) is 30.2 Å². The first-order valence-corrected chi connectivity index (χ1v) is 4.68. The minimum absolute atomic E-state index is 0.433. The van der Waals surface area contributed by atoms with Crippen LogP contribution in [0.1, 0.15) is 0 Å². The Morgan fingerprint density at radius 3 is 2.80 bits per heavy atom. The fourth-order valence-electron chi connectivity index (χ4n) is 1.77. The van der Waals surface area contributed by atoms with E-state index in [-0.39, 0.29) is 0 Å². The molecule has 0 aliphatic carbocycles. The van der Waals surface area contributed by atoms with Crippen LogP contribution in [0.4, 0.5) is 0 Å². The van der Waals surface area contributed by atoms with Crippen LogP contribution in [0.3, 0.4) is 0 Å². The summed E-state index contributed by atoms with van der Waals surface area (Å²) in [5.41, 5.74) is 0.176. The molecule has 1 aromatic heterocycles. The summed E-state index contributed by atoms with van der Waals surface area (Å²) in [6.45, 7) is 0. The molecule has 2 heteroatoms. The Kier molecular flexibility index (Phi) is 1.62. The molecule has 2 aromatic carbocycles. The molecule has 0 aliphatic rings. The summed E-state index contributed by atoms with van der Waals surface area (Å²) >= 11 is 0. The first kappa shape index (κ1) is 8.24. The van der Waals surface area contributed by atoms with Gasteiger partial charge in [0.2, 0.25) is 0 Å². The van der Waals surface area contributed by atoms with Crippen molar-refractivity contribution in [1.82, 2.24) is 0 Å². The summed E-state index contributed by atoms with van der Waals surface area (Å²) in [6.07, 6.45) is 0. The lowest BCUT2D eigenvalue weighted by Crippen LogP contribution is -1.95. The summed E-state index contributed by atoms with van der Waals surface area (Å²) < 4.78 is 5.06. The molecular weight excluding hydrogens is 188 g/mol. The molecule has 0 atom stereocenters. The Bertz CT molecular complexity index is 695. The number of hydrogen-bond acceptors (Lipinski definition) is 2. The molecular formula is C13H7O2. The summed E-state index contributed by atoms with van der Waals surface area (Å²) in [7, 11) is 0. The van der Waals surface area contributed by atoms with Crippen LogP contribution in [0.25, 0.3) is 21.7 Å². The lowest BCUT2D eigenvalue weighted by atomic mass is 10.1. The molecule has 0 fully saturated rings. The maximum atomic E-state index is 11.0. The SMILES string of the molecule is O=c1[c]cc2c(ccc3ccccc32)o1. The average Bonchev–Trinajstić information content (AvgIpc) is 2.28. The second-order valence-electron chi connectivity index (χ2n) is 3.38. The van der Waals surface area contributed by atoms with Gasteiger partial charge in [0, 0.05) is 5.39 Å². The molecule has 0 amide bonds. The molecule has 3 rings (SSSR count). The van der Waals surface area contributed by atoms with E-state index in [1.54, 1.807) is 6.07 Å². The van der Waals surface area contributed by atoms with Crippen LogP contribution in [0, 0.1) is 6.07 Å². The molecule has 1 radical (unpaired) electrons. The van der Waals surface area contributed by atoms with Gasteiger partial charge in [-0.3, -0.25) is 0 Å². The van der Waals surface area contributed by atoms with Crippen molar-refractivity contribution in [1.29, 1.82) is 0 Å². The maximum Gasteiger partial charge on any atom is 0.344 e. The van der Waals surface area contributed by atoms with Gasteiger partial charge in [-0.2, -0.15) is 0 Å². The van der Waals surface area contributed by atoms with E-state index < -0.39 is 5.63 Å². The van der Waals surface area contributed by atoms with Crippen molar-refractivity contribution in [3.63, 3.8) is 0 Å². The van der Waals surface area contributed by atoms with Gasteiger partial charge in [-0.25, -0.2) is 4.79 Å². The van der Waals surface area contributed by atoms with Gasteiger partial charge >= 0.3 is 5.63 Å². The Morgan fingerprint density at radius 2 is 1.87 bits per heavy atom. The summed E-state index contributed by atoms with van der Waals surface area (Å²) in [5.74, 6) is 0. The third kappa shape index (κ3) is 1.22. The summed E-state index contributed by atoms with van der Waals surface area (Å²) in [6, 6.07) is 16.0. The number of hydrogen-bond donors (Lipinski definition) is 0. The fourth-order valence-corrected chi connectivity index (χ4v) is 1.77. The third-order valence-corrected chi connectivity index (χ3v) is 2.47. The van der Waals surface area contributed by atoms with Crippen molar-refractivity contribution >= 4 is 21.7 Å². The third-order valence-electron chi connectivity index (χ3n) is 2.47. The second kappa shape index (κ2) is 2.95.